The monoisotopic (exact) mass is 796 g/mol. The van der Waals surface area contributed by atoms with Gasteiger partial charge in [-0.25, -0.2) is 24.0 Å². The lowest BCUT2D eigenvalue weighted by Crippen LogP contribution is -2.13. The van der Waals surface area contributed by atoms with Crippen LogP contribution in [0.1, 0.15) is 77.0 Å². The largest absolute Gasteiger partial charge is 0.494 e. The summed E-state index contributed by atoms with van der Waals surface area (Å²) in [7, 11) is 1.39. The molecular formula is C45H48O13. The number of esters is 5. The van der Waals surface area contributed by atoms with E-state index >= 15 is 0 Å². The van der Waals surface area contributed by atoms with Crippen molar-refractivity contribution in [3.8, 4) is 23.0 Å². The Morgan fingerprint density at radius 2 is 0.983 bits per heavy atom. The lowest BCUT2D eigenvalue weighted by molar-refractivity contribution is -0.138. The molecule has 13 nitrogen and oxygen atoms in total. The van der Waals surface area contributed by atoms with Gasteiger partial charge in [-0.1, -0.05) is 27.0 Å². The van der Waals surface area contributed by atoms with Crippen LogP contribution in [0.5, 0.6) is 23.0 Å². The Morgan fingerprint density at radius 3 is 1.43 bits per heavy atom. The zero-order chi connectivity index (χ0) is 41.9. The van der Waals surface area contributed by atoms with Crippen molar-refractivity contribution in [2.24, 2.45) is 11.8 Å². The van der Waals surface area contributed by atoms with Gasteiger partial charge in [0.15, 0.2) is 11.5 Å². The van der Waals surface area contributed by atoms with E-state index in [4.69, 9.17) is 37.9 Å². The summed E-state index contributed by atoms with van der Waals surface area (Å²) in [4.78, 5) is 61.0. The van der Waals surface area contributed by atoms with Crippen molar-refractivity contribution in [1.82, 2.24) is 0 Å². The molecule has 0 spiro atoms. The molecule has 2 atom stereocenters. The molecule has 2 aliphatic rings. The number of ether oxygens (including phenoxy) is 8. The average Bonchev–Trinajstić information content (AvgIpc) is 4.07. The third-order valence-electron chi connectivity index (χ3n) is 8.57. The maximum atomic E-state index is 13.1. The zero-order valence-electron chi connectivity index (χ0n) is 32.9. The first-order chi connectivity index (χ1) is 28.2. The van der Waals surface area contributed by atoms with Gasteiger partial charge in [0.1, 0.15) is 23.0 Å². The molecule has 5 rings (SSSR count). The Kier molecular flexibility index (Phi) is 17.3. The Morgan fingerprint density at radius 1 is 0.569 bits per heavy atom. The van der Waals surface area contributed by atoms with Crippen LogP contribution in [0.3, 0.4) is 0 Å². The normalized spacial score (nSPS) is 14.6. The Balaban J connectivity index is 0.00000366. The van der Waals surface area contributed by atoms with Crippen molar-refractivity contribution in [2.75, 3.05) is 33.5 Å². The number of allylic oxidation sites excluding steroid dienone is 4. The fourth-order valence-electron chi connectivity index (χ4n) is 5.45. The molecule has 306 valence electrons. The summed E-state index contributed by atoms with van der Waals surface area (Å²) in [6.07, 6.45) is 8.78. The number of carbonyl (C=O) groups excluding carboxylic acids is 5. The van der Waals surface area contributed by atoms with Gasteiger partial charge in [-0.2, -0.15) is 0 Å². The topological polar surface area (TPSA) is 159 Å². The molecule has 2 aliphatic carbocycles. The fraction of sp³-hybridized carbons (Fsp3) is 0.311. The zero-order valence-corrected chi connectivity index (χ0v) is 32.9. The number of methoxy groups -OCH3 is 1. The van der Waals surface area contributed by atoms with Crippen LogP contribution in [-0.4, -0.2) is 63.4 Å². The van der Waals surface area contributed by atoms with Crippen molar-refractivity contribution in [3.63, 3.8) is 0 Å². The molecule has 0 aliphatic heterocycles. The van der Waals surface area contributed by atoms with Crippen molar-refractivity contribution in [3.05, 3.63) is 132 Å². The van der Waals surface area contributed by atoms with Gasteiger partial charge < -0.3 is 37.9 Å². The van der Waals surface area contributed by atoms with Crippen LogP contribution in [0, 0.1) is 11.8 Å². The lowest BCUT2D eigenvalue weighted by Gasteiger charge is -2.15. The van der Waals surface area contributed by atoms with Crippen molar-refractivity contribution < 1.29 is 61.9 Å². The SMILES string of the molecule is C=CC(=O)OCCCCOc1ccc(C(=O)OC2=CC=C(OC(=O)c3ccc(OC(=O)c4ccc(OCCCCOC(=O)C=C)cc4)c(OC)c3)C3CC23)cc1.CC. The van der Waals surface area contributed by atoms with Crippen molar-refractivity contribution in [2.45, 2.75) is 46.0 Å². The lowest BCUT2D eigenvalue weighted by atomic mass is 10.1. The van der Waals surface area contributed by atoms with Gasteiger partial charge in [0.25, 0.3) is 0 Å². The number of unbranched alkanes of at least 4 members (excludes halogenated alkanes) is 2. The van der Waals surface area contributed by atoms with E-state index < -0.39 is 29.8 Å². The molecule has 1 fully saturated rings. The first-order valence-electron chi connectivity index (χ1n) is 19.0. The summed E-state index contributed by atoms with van der Waals surface area (Å²) in [6.45, 7) is 12.1. The summed E-state index contributed by atoms with van der Waals surface area (Å²) < 4.78 is 43.6. The van der Waals surface area contributed by atoms with E-state index in [1.807, 2.05) is 13.8 Å². The van der Waals surface area contributed by atoms with E-state index in [2.05, 4.69) is 13.2 Å². The van der Waals surface area contributed by atoms with Gasteiger partial charge in [-0.15, -0.1) is 0 Å². The van der Waals surface area contributed by atoms with E-state index in [-0.39, 0.29) is 41.1 Å². The summed E-state index contributed by atoms with van der Waals surface area (Å²) in [6, 6.07) is 17.4. The van der Waals surface area contributed by atoms with E-state index in [0.717, 1.165) is 12.2 Å². The summed E-state index contributed by atoms with van der Waals surface area (Å²) in [5.74, 6) is -0.533. The van der Waals surface area contributed by atoms with Gasteiger partial charge >= 0.3 is 29.8 Å². The number of fused-ring (bicyclic) bond motifs is 1. The quantitative estimate of drug-likeness (QED) is 0.0335. The minimum atomic E-state index is -0.635. The highest BCUT2D eigenvalue weighted by molar-refractivity contribution is 5.93. The second kappa shape index (κ2) is 22.8. The predicted octanol–water partition coefficient (Wildman–Crippen LogP) is 8.15. The molecule has 0 N–H and O–H groups in total. The highest BCUT2D eigenvalue weighted by Crippen LogP contribution is 2.52. The Bertz CT molecular complexity index is 1980. The van der Waals surface area contributed by atoms with Gasteiger partial charge in [0.2, 0.25) is 0 Å². The second-order valence-electron chi connectivity index (χ2n) is 12.5. The minimum absolute atomic E-state index is 0.0994. The first kappa shape index (κ1) is 44.1. The second-order valence-corrected chi connectivity index (χ2v) is 12.5. The van der Waals surface area contributed by atoms with Crippen LogP contribution in [-0.2, 0) is 28.5 Å². The van der Waals surface area contributed by atoms with Crippen LogP contribution in [0.15, 0.2) is 116 Å². The smallest absolute Gasteiger partial charge is 0.343 e. The standard InChI is InChI=1S/C43H42O13.C2H6/c1-4-39(44)52-24-8-6-22-50-31-15-10-28(11-16-31)41(46)54-35-20-21-36(34-27-33(34)35)55-43(48)30-14-19-37(38(26-30)49-3)56-42(47)29-12-17-32(18-13-29)51-23-7-9-25-53-40(45)5-2;1-2/h4-5,10-21,26,33-34H,1-2,6-9,22-25,27H2,3H3;1-2H3. The molecule has 58 heavy (non-hydrogen) atoms. The summed E-state index contributed by atoms with van der Waals surface area (Å²) >= 11 is 0. The minimum Gasteiger partial charge on any atom is -0.494 e. The molecule has 0 heterocycles. The number of carbonyl (C=O) groups is 5. The first-order valence-corrected chi connectivity index (χ1v) is 19.0. The van der Waals surface area contributed by atoms with Crippen molar-refractivity contribution in [1.29, 1.82) is 0 Å². The predicted molar refractivity (Wildman–Crippen MR) is 213 cm³/mol. The molecule has 1 saturated carbocycles. The van der Waals surface area contributed by atoms with Gasteiger partial charge in [-0.3, -0.25) is 0 Å². The average molecular weight is 797 g/mol. The molecule has 0 amide bonds. The van der Waals surface area contributed by atoms with E-state index in [0.29, 0.717) is 80.5 Å². The number of hydrogen-bond acceptors (Lipinski definition) is 13. The molecule has 0 saturated heterocycles. The summed E-state index contributed by atoms with van der Waals surface area (Å²) in [5.41, 5.74) is 0.815. The number of rotatable bonds is 21. The van der Waals surface area contributed by atoms with Crippen molar-refractivity contribution >= 4 is 29.8 Å². The molecule has 0 aromatic heterocycles. The molecule has 3 aromatic rings. The Labute approximate surface area is 337 Å². The van der Waals surface area contributed by atoms with Crippen LogP contribution in [0.2, 0.25) is 0 Å². The van der Waals surface area contributed by atoms with Gasteiger partial charge in [-0.05, 0) is 111 Å². The van der Waals surface area contributed by atoms with E-state index in [1.54, 1.807) is 60.7 Å². The van der Waals surface area contributed by atoms with Gasteiger partial charge in [0, 0.05) is 24.0 Å². The summed E-state index contributed by atoms with van der Waals surface area (Å²) in [5, 5.41) is 0. The molecular weight excluding hydrogens is 748 g/mol. The molecule has 13 heteroatoms. The van der Waals surface area contributed by atoms with Crippen LogP contribution >= 0.6 is 0 Å². The highest BCUT2D eigenvalue weighted by Gasteiger charge is 2.48. The Hall–Kier alpha value is -6.63. The molecule has 0 bridgehead atoms. The van der Waals surface area contributed by atoms with Crippen LogP contribution in [0.4, 0.5) is 0 Å². The van der Waals surface area contributed by atoms with E-state index in [9.17, 15) is 24.0 Å². The third kappa shape index (κ3) is 13.2. The highest BCUT2D eigenvalue weighted by atomic mass is 16.6. The van der Waals surface area contributed by atoms with Crippen LogP contribution < -0.4 is 18.9 Å². The maximum absolute atomic E-state index is 13.1. The third-order valence-corrected chi connectivity index (χ3v) is 8.57. The van der Waals surface area contributed by atoms with Gasteiger partial charge in [0.05, 0.1) is 50.2 Å². The molecule has 3 aromatic carbocycles. The van der Waals surface area contributed by atoms with E-state index in [1.165, 1.54) is 25.3 Å². The van der Waals surface area contributed by atoms with Crippen LogP contribution in [0.25, 0.3) is 0 Å². The molecule has 0 radical (unpaired) electrons. The fourth-order valence-corrected chi connectivity index (χ4v) is 5.45. The number of benzene rings is 3. The number of hydrogen-bond donors (Lipinski definition) is 0. The molecule has 2 unspecified atom stereocenters. The maximum Gasteiger partial charge on any atom is 0.343 e.